The Morgan fingerprint density at radius 3 is 2.33 bits per heavy atom. The third-order valence-corrected chi connectivity index (χ3v) is 3.32. The third kappa shape index (κ3) is 2.97. The van der Waals surface area contributed by atoms with Crippen molar-refractivity contribution in [3.05, 3.63) is 40.4 Å². The number of benzene rings is 1. The summed E-state index contributed by atoms with van der Waals surface area (Å²) in [6.07, 6.45) is 1.39. The quantitative estimate of drug-likeness (QED) is 0.640. The number of amides is 4. The topological polar surface area (TPSA) is 66.5 Å². The highest BCUT2D eigenvalue weighted by Gasteiger charge is 2.41. The minimum atomic E-state index is -0.735. The first-order valence-corrected chi connectivity index (χ1v) is 6.75. The fourth-order valence-corrected chi connectivity index (χ4v) is 2.20. The van der Waals surface area contributed by atoms with Gasteiger partial charge in [-0.15, -0.1) is 0 Å². The molecule has 1 aliphatic rings. The number of carbonyl (C=O) groups excluding carboxylic acids is 3. The summed E-state index contributed by atoms with van der Waals surface area (Å²) >= 11 is 6.03. The first-order valence-electron chi connectivity index (χ1n) is 6.38. The van der Waals surface area contributed by atoms with E-state index in [0.29, 0.717) is 10.6 Å². The number of urea groups is 1. The summed E-state index contributed by atoms with van der Waals surface area (Å²) in [6.45, 7) is 5.15. The summed E-state index contributed by atoms with van der Waals surface area (Å²) in [5.41, 5.74) is -0.306. The lowest BCUT2D eigenvalue weighted by molar-refractivity contribution is -0.133. The van der Waals surface area contributed by atoms with Crippen molar-refractivity contribution in [3.63, 3.8) is 0 Å². The van der Waals surface area contributed by atoms with Gasteiger partial charge in [-0.3, -0.25) is 19.8 Å². The Bertz CT molecular complexity index is 659. The van der Waals surface area contributed by atoms with Crippen molar-refractivity contribution in [1.82, 2.24) is 10.2 Å². The van der Waals surface area contributed by atoms with Crippen LogP contribution in [0.4, 0.5) is 4.79 Å². The van der Waals surface area contributed by atoms with Crippen LogP contribution in [0.2, 0.25) is 5.02 Å². The van der Waals surface area contributed by atoms with E-state index in [2.05, 4.69) is 5.32 Å². The van der Waals surface area contributed by atoms with Crippen molar-refractivity contribution in [2.24, 2.45) is 0 Å². The highest BCUT2D eigenvalue weighted by molar-refractivity contribution is 6.34. The van der Waals surface area contributed by atoms with Gasteiger partial charge >= 0.3 is 6.03 Å². The maximum atomic E-state index is 12.4. The molecule has 0 spiro atoms. The smallest absolute Gasteiger partial charge is 0.273 e. The van der Waals surface area contributed by atoms with Gasteiger partial charge < -0.3 is 0 Å². The van der Waals surface area contributed by atoms with E-state index in [0.717, 1.165) is 4.90 Å². The van der Waals surface area contributed by atoms with E-state index in [-0.39, 0.29) is 5.57 Å². The van der Waals surface area contributed by atoms with Gasteiger partial charge in [0.2, 0.25) is 0 Å². The summed E-state index contributed by atoms with van der Waals surface area (Å²) in [4.78, 5) is 37.2. The molecule has 0 saturated carbocycles. The number of barbiturate groups is 1. The molecule has 5 nitrogen and oxygen atoms in total. The first kappa shape index (κ1) is 15.3. The molecule has 4 amide bonds. The molecule has 0 unspecified atom stereocenters. The molecule has 110 valence electrons. The Balaban J connectivity index is 2.48. The van der Waals surface area contributed by atoms with Crippen LogP contribution < -0.4 is 5.32 Å². The van der Waals surface area contributed by atoms with Crippen molar-refractivity contribution in [2.45, 2.75) is 26.3 Å². The summed E-state index contributed by atoms with van der Waals surface area (Å²) in [5, 5.41) is 2.59. The summed E-state index contributed by atoms with van der Waals surface area (Å²) < 4.78 is 0. The van der Waals surface area contributed by atoms with Crippen molar-refractivity contribution >= 4 is 35.5 Å². The minimum Gasteiger partial charge on any atom is -0.273 e. The van der Waals surface area contributed by atoms with E-state index in [1.165, 1.54) is 6.08 Å². The second-order valence-electron chi connectivity index (χ2n) is 5.65. The summed E-state index contributed by atoms with van der Waals surface area (Å²) in [5.74, 6) is -1.35. The van der Waals surface area contributed by atoms with Crippen LogP contribution in [0.15, 0.2) is 29.8 Å². The lowest BCUT2D eigenvalue weighted by atomic mass is 10.0. The second kappa shape index (κ2) is 5.33. The van der Waals surface area contributed by atoms with Gasteiger partial charge in [0.25, 0.3) is 11.8 Å². The number of carbonyl (C=O) groups is 3. The molecule has 1 aromatic carbocycles. The monoisotopic (exact) mass is 306 g/mol. The molecule has 6 heteroatoms. The molecule has 1 heterocycles. The number of nitrogens with one attached hydrogen (secondary N) is 1. The number of hydrogen-bond acceptors (Lipinski definition) is 3. The standard InChI is InChI=1S/C15H15ClN2O3/c1-15(2,3)18-13(20)10(12(19)17-14(18)21)8-9-6-4-5-7-11(9)16/h4-8H,1-3H3,(H,17,19,21). The van der Waals surface area contributed by atoms with Crippen LogP contribution in [0.3, 0.4) is 0 Å². The van der Waals surface area contributed by atoms with E-state index < -0.39 is 23.4 Å². The number of imide groups is 2. The highest BCUT2D eigenvalue weighted by Crippen LogP contribution is 2.24. The molecule has 0 radical (unpaired) electrons. The van der Waals surface area contributed by atoms with Crippen molar-refractivity contribution in [2.75, 3.05) is 0 Å². The van der Waals surface area contributed by atoms with E-state index in [4.69, 9.17) is 11.6 Å². The van der Waals surface area contributed by atoms with Crippen LogP contribution >= 0.6 is 11.6 Å². The Labute approximate surface area is 127 Å². The van der Waals surface area contributed by atoms with Gasteiger partial charge in [-0.1, -0.05) is 29.8 Å². The molecule has 0 aliphatic carbocycles. The molecule has 1 N–H and O–H groups in total. The van der Waals surface area contributed by atoms with E-state index in [1.54, 1.807) is 45.0 Å². The second-order valence-corrected chi connectivity index (χ2v) is 6.06. The number of rotatable bonds is 1. The SMILES string of the molecule is CC(C)(C)N1C(=O)NC(=O)C(=Cc2ccccc2Cl)C1=O. The highest BCUT2D eigenvalue weighted by atomic mass is 35.5. The lowest BCUT2D eigenvalue weighted by Gasteiger charge is -2.36. The average Bonchev–Trinajstić information content (AvgIpc) is 2.34. The van der Waals surface area contributed by atoms with Crippen molar-refractivity contribution in [1.29, 1.82) is 0 Å². The lowest BCUT2D eigenvalue weighted by Crippen LogP contribution is -2.60. The number of nitrogens with zero attached hydrogens (tertiary/aromatic N) is 1. The molecular weight excluding hydrogens is 292 g/mol. The molecule has 1 aliphatic heterocycles. The summed E-state index contributed by atoms with van der Waals surface area (Å²) in [7, 11) is 0. The van der Waals surface area contributed by atoms with E-state index in [9.17, 15) is 14.4 Å². The molecule has 1 saturated heterocycles. The number of hydrogen-bond donors (Lipinski definition) is 1. The van der Waals surface area contributed by atoms with Gasteiger partial charge in [-0.25, -0.2) is 4.79 Å². The molecule has 0 atom stereocenters. The maximum Gasteiger partial charge on any atom is 0.331 e. The Morgan fingerprint density at radius 1 is 1.14 bits per heavy atom. The van der Waals surface area contributed by atoms with Crippen LogP contribution in [0.1, 0.15) is 26.3 Å². The van der Waals surface area contributed by atoms with Gasteiger partial charge in [0.05, 0.1) is 0 Å². The predicted molar refractivity (Wildman–Crippen MR) is 79.6 cm³/mol. The van der Waals surface area contributed by atoms with Crippen LogP contribution in [-0.2, 0) is 9.59 Å². The van der Waals surface area contributed by atoms with Crippen LogP contribution in [0, 0.1) is 0 Å². The zero-order valence-corrected chi connectivity index (χ0v) is 12.7. The zero-order valence-electron chi connectivity index (χ0n) is 11.9. The Hall–Kier alpha value is -2.14. The van der Waals surface area contributed by atoms with E-state index >= 15 is 0 Å². The average molecular weight is 307 g/mol. The number of halogens is 1. The minimum absolute atomic E-state index is 0.113. The van der Waals surface area contributed by atoms with E-state index in [1.807, 2.05) is 0 Å². The van der Waals surface area contributed by atoms with Crippen LogP contribution in [0.25, 0.3) is 6.08 Å². The third-order valence-electron chi connectivity index (χ3n) is 2.98. The normalized spacial score (nSPS) is 18.2. The summed E-state index contributed by atoms with van der Waals surface area (Å²) in [6, 6.07) is 6.13. The van der Waals surface area contributed by atoms with Crippen molar-refractivity contribution in [3.8, 4) is 0 Å². The molecule has 1 aromatic rings. The fraction of sp³-hybridized carbons (Fsp3) is 0.267. The molecule has 2 rings (SSSR count). The van der Waals surface area contributed by atoms with Crippen LogP contribution in [-0.4, -0.2) is 28.3 Å². The zero-order chi connectivity index (χ0) is 15.8. The maximum absolute atomic E-state index is 12.4. The van der Waals surface area contributed by atoms with Gasteiger partial charge in [0.15, 0.2) is 0 Å². The van der Waals surface area contributed by atoms with Gasteiger partial charge in [0.1, 0.15) is 5.57 Å². The Kier molecular flexibility index (Phi) is 3.87. The molecule has 0 aromatic heterocycles. The van der Waals surface area contributed by atoms with Gasteiger partial charge in [-0.05, 0) is 38.5 Å². The fourth-order valence-electron chi connectivity index (χ4n) is 2.01. The largest absolute Gasteiger partial charge is 0.331 e. The van der Waals surface area contributed by atoms with Gasteiger partial charge in [-0.2, -0.15) is 0 Å². The molecule has 21 heavy (non-hydrogen) atoms. The first-order chi connectivity index (χ1) is 9.71. The molecular formula is C15H15ClN2O3. The predicted octanol–water partition coefficient (Wildman–Crippen LogP) is 2.60. The van der Waals surface area contributed by atoms with Crippen molar-refractivity contribution < 1.29 is 14.4 Å². The Morgan fingerprint density at radius 2 is 1.76 bits per heavy atom. The molecule has 1 fully saturated rings. The molecule has 0 bridgehead atoms. The van der Waals surface area contributed by atoms with Crippen LogP contribution in [0.5, 0.6) is 0 Å². The van der Waals surface area contributed by atoms with Gasteiger partial charge in [0, 0.05) is 10.6 Å².